The molecule has 1 N–H and O–H groups in total. The molecule has 7 heteroatoms. The minimum Gasteiger partial charge on any atom is -0.326 e. The van der Waals surface area contributed by atoms with Gasteiger partial charge in [0.1, 0.15) is 5.82 Å². The van der Waals surface area contributed by atoms with E-state index in [1.165, 1.54) is 5.56 Å². The second-order valence-electron chi connectivity index (χ2n) is 9.41. The SMILES string of the molecule is O=C(CCc1nc2ccccc2c(=O)n1C1CC1)Nc1ccc(C(=O)N2CCc3ccccc32)cc1. The summed E-state index contributed by atoms with van der Waals surface area (Å²) < 4.78 is 1.77. The number of carbonyl (C=O) groups excluding carboxylic acids is 2. The summed E-state index contributed by atoms with van der Waals surface area (Å²) in [5.74, 6) is 0.453. The lowest BCUT2D eigenvalue weighted by Crippen LogP contribution is -2.28. The normalized spacial score (nSPS) is 14.6. The molecule has 0 unspecified atom stereocenters. The average molecular weight is 479 g/mol. The van der Waals surface area contributed by atoms with Gasteiger partial charge in [-0.3, -0.25) is 19.0 Å². The Morgan fingerprint density at radius 1 is 0.944 bits per heavy atom. The number of hydrogen-bond donors (Lipinski definition) is 1. The molecule has 2 aliphatic rings. The molecule has 4 aromatic rings. The standard InChI is InChI=1S/C29H26N4O3/c34-27(16-15-26-31-24-7-3-2-6-23(24)29(36)33(26)22-13-14-22)30-21-11-9-20(10-12-21)28(35)32-18-17-19-5-1-4-8-25(19)32/h1-12,22H,13-18H2,(H,30,34). The number of nitrogens with zero attached hydrogens (tertiary/aromatic N) is 3. The van der Waals surface area contributed by atoms with Gasteiger partial charge in [0, 0.05) is 42.4 Å². The molecule has 180 valence electrons. The van der Waals surface area contributed by atoms with Crippen LogP contribution in [0.15, 0.2) is 77.6 Å². The third-order valence-electron chi connectivity index (χ3n) is 6.92. The number of amides is 2. The number of rotatable bonds is 6. The molecule has 1 aromatic heterocycles. The molecule has 3 aromatic carbocycles. The molecule has 1 fully saturated rings. The van der Waals surface area contributed by atoms with Crippen LogP contribution in [-0.4, -0.2) is 27.9 Å². The van der Waals surface area contributed by atoms with Crippen molar-refractivity contribution in [2.45, 2.75) is 38.1 Å². The minimum atomic E-state index is -0.160. The van der Waals surface area contributed by atoms with Crippen molar-refractivity contribution >= 4 is 34.1 Å². The fraction of sp³-hybridized carbons (Fsp3) is 0.241. The Morgan fingerprint density at radius 2 is 1.69 bits per heavy atom. The third kappa shape index (κ3) is 4.17. The lowest BCUT2D eigenvalue weighted by molar-refractivity contribution is -0.116. The number of aromatic nitrogens is 2. The van der Waals surface area contributed by atoms with Gasteiger partial charge in [0.25, 0.3) is 11.5 Å². The van der Waals surface area contributed by atoms with E-state index in [1.54, 1.807) is 39.8 Å². The Labute approximate surface area is 208 Å². The zero-order valence-corrected chi connectivity index (χ0v) is 19.8. The van der Waals surface area contributed by atoms with E-state index in [4.69, 9.17) is 4.98 Å². The Morgan fingerprint density at radius 3 is 2.50 bits per heavy atom. The molecular weight excluding hydrogens is 452 g/mol. The maximum Gasteiger partial charge on any atom is 0.261 e. The first-order valence-electron chi connectivity index (χ1n) is 12.4. The predicted octanol–water partition coefficient (Wildman–Crippen LogP) is 4.51. The van der Waals surface area contributed by atoms with Crippen molar-refractivity contribution < 1.29 is 9.59 Å². The van der Waals surface area contributed by atoms with Gasteiger partial charge in [0.2, 0.25) is 5.91 Å². The van der Waals surface area contributed by atoms with E-state index < -0.39 is 0 Å². The van der Waals surface area contributed by atoms with E-state index in [0.717, 1.165) is 24.9 Å². The first-order valence-corrected chi connectivity index (χ1v) is 12.4. The average Bonchev–Trinajstić information content (AvgIpc) is 3.65. The fourth-order valence-electron chi connectivity index (χ4n) is 4.93. The molecule has 6 rings (SSSR count). The Balaban J connectivity index is 1.12. The van der Waals surface area contributed by atoms with Crippen molar-refractivity contribution in [3.8, 4) is 0 Å². The molecule has 0 atom stereocenters. The molecule has 0 spiro atoms. The van der Waals surface area contributed by atoms with Gasteiger partial charge in [0.05, 0.1) is 10.9 Å². The Bertz CT molecular complexity index is 1540. The minimum absolute atomic E-state index is 0.0283. The van der Waals surface area contributed by atoms with Crippen LogP contribution in [-0.2, 0) is 17.6 Å². The maximum absolute atomic E-state index is 13.0. The summed E-state index contributed by atoms with van der Waals surface area (Å²) in [7, 11) is 0. The van der Waals surface area contributed by atoms with E-state index in [-0.39, 0.29) is 29.8 Å². The lowest BCUT2D eigenvalue weighted by Gasteiger charge is -2.17. The first-order chi connectivity index (χ1) is 17.6. The first kappa shape index (κ1) is 22.2. The molecule has 7 nitrogen and oxygen atoms in total. The van der Waals surface area contributed by atoms with Crippen LogP contribution in [0.3, 0.4) is 0 Å². The van der Waals surface area contributed by atoms with Gasteiger partial charge in [-0.05, 0) is 67.3 Å². The van der Waals surface area contributed by atoms with E-state index in [2.05, 4.69) is 11.4 Å². The second kappa shape index (κ2) is 9.07. The van der Waals surface area contributed by atoms with E-state index in [1.807, 2.05) is 36.4 Å². The van der Waals surface area contributed by atoms with Gasteiger partial charge >= 0.3 is 0 Å². The van der Waals surface area contributed by atoms with Crippen LogP contribution in [0.4, 0.5) is 11.4 Å². The largest absolute Gasteiger partial charge is 0.326 e. The Hall–Kier alpha value is -4.26. The number of carbonyl (C=O) groups is 2. The highest BCUT2D eigenvalue weighted by molar-refractivity contribution is 6.07. The molecule has 2 heterocycles. The van der Waals surface area contributed by atoms with E-state index >= 15 is 0 Å². The number of aryl methyl sites for hydroxylation is 1. The van der Waals surface area contributed by atoms with E-state index in [0.29, 0.717) is 40.9 Å². The molecule has 0 radical (unpaired) electrons. The van der Waals surface area contributed by atoms with Crippen LogP contribution in [0.5, 0.6) is 0 Å². The van der Waals surface area contributed by atoms with Crippen LogP contribution in [0.1, 0.15) is 47.1 Å². The second-order valence-corrected chi connectivity index (χ2v) is 9.41. The molecule has 0 bridgehead atoms. The molecule has 2 amide bonds. The number of benzene rings is 3. The van der Waals surface area contributed by atoms with E-state index in [9.17, 15) is 14.4 Å². The highest BCUT2D eigenvalue weighted by Crippen LogP contribution is 2.35. The van der Waals surface area contributed by atoms with Crippen molar-refractivity contribution in [3.05, 3.63) is 100 Å². The highest BCUT2D eigenvalue weighted by atomic mass is 16.2. The number of anilines is 2. The lowest BCUT2D eigenvalue weighted by atomic mass is 10.1. The van der Waals surface area contributed by atoms with Crippen LogP contribution in [0.25, 0.3) is 10.9 Å². The number of fused-ring (bicyclic) bond motifs is 2. The molecule has 0 saturated heterocycles. The molecule has 1 aliphatic heterocycles. The van der Waals surface area contributed by atoms with Gasteiger partial charge in [-0.1, -0.05) is 30.3 Å². The summed E-state index contributed by atoms with van der Waals surface area (Å²) in [6.07, 6.45) is 3.38. The topological polar surface area (TPSA) is 84.3 Å². The van der Waals surface area contributed by atoms with Gasteiger partial charge < -0.3 is 10.2 Å². The summed E-state index contributed by atoms with van der Waals surface area (Å²) in [4.78, 5) is 45.2. The molecule has 36 heavy (non-hydrogen) atoms. The van der Waals surface area contributed by atoms with Crippen molar-refractivity contribution in [1.29, 1.82) is 0 Å². The van der Waals surface area contributed by atoms with Crippen molar-refractivity contribution in [2.75, 3.05) is 16.8 Å². The van der Waals surface area contributed by atoms with Gasteiger partial charge in [-0.25, -0.2) is 4.98 Å². The van der Waals surface area contributed by atoms with Crippen LogP contribution < -0.4 is 15.8 Å². The summed E-state index contributed by atoms with van der Waals surface area (Å²) >= 11 is 0. The zero-order chi connectivity index (χ0) is 24.6. The monoisotopic (exact) mass is 478 g/mol. The van der Waals surface area contributed by atoms with Crippen LogP contribution >= 0.6 is 0 Å². The number of para-hydroxylation sites is 2. The quantitative estimate of drug-likeness (QED) is 0.442. The zero-order valence-electron chi connectivity index (χ0n) is 19.8. The number of nitrogens with one attached hydrogen (secondary N) is 1. The predicted molar refractivity (Wildman–Crippen MR) is 139 cm³/mol. The van der Waals surface area contributed by atoms with Crippen molar-refractivity contribution in [3.63, 3.8) is 0 Å². The van der Waals surface area contributed by atoms with Crippen molar-refractivity contribution in [2.24, 2.45) is 0 Å². The highest BCUT2D eigenvalue weighted by Gasteiger charge is 2.28. The smallest absolute Gasteiger partial charge is 0.261 e. The van der Waals surface area contributed by atoms with Crippen molar-refractivity contribution in [1.82, 2.24) is 9.55 Å². The van der Waals surface area contributed by atoms with Crippen LogP contribution in [0, 0.1) is 0 Å². The maximum atomic E-state index is 13.0. The van der Waals surface area contributed by atoms with Gasteiger partial charge in [0.15, 0.2) is 0 Å². The molecule has 1 aliphatic carbocycles. The number of hydrogen-bond acceptors (Lipinski definition) is 4. The molecular formula is C29H26N4O3. The summed E-state index contributed by atoms with van der Waals surface area (Å²) in [5, 5.41) is 3.52. The summed E-state index contributed by atoms with van der Waals surface area (Å²) in [5.41, 5.74) is 3.99. The van der Waals surface area contributed by atoms with Crippen LogP contribution in [0.2, 0.25) is 0 Å². The molecule has 1 saturated carbocycles. The van der Waals surface area contributed by atoms with Gasteiger partial charge in [-0.15, -0.1) is 0 Å². The Kier molecular flexibility index (Phi) is 5.60. The summed E-state index contributed by atoms with van der Waals surface area (Å²) in [6.45, 7) is 0.672. The fourth-order valence-corrected chi connectivity index (χ4v) is 4.93. The third-order valence-corrected chi connectivity index (χ3v) is 6.92. The van der Waals surface area contributed by atoms with Gasteiger partial charge in [-0.2, -0.15) is 0 Å². The summed E-state index contributed by atoms with van der Waals surface area (Å²) in [6, 6.07) is 22.5.